The molecule has 0 bridgehead atoms. The third-order valence-corrected chi connectivity index (χ3v) is 1.57. The molecule has 1 aromatic heterocycles. The summed E-state index contributed by atoms with van der Waals surface area (Å²) in [6.45, 7) is 2.79. The van der Waals surface area contributed by atoms with Crippen LogP contribution in [-0.4, -0.2) is 42.2 Å². The van der Waals surface area contributed by atoms with E-state index in [9.17, 15) is 14.4 Å². The Bertz CT molecular complexity index is 415. The number of nitrogens with one attached hydrogen (secondary N) is 2. The molecule has 0 aliphatic rings. The predicted molar refractivity (Wildman–Crippen MR) is 72.6 cm³/mol. The largest absolute Gasteiger partial charge is 0.351 e. The monoisotopic (exact) mass is 266 g/mol. The zero-order valence-electron chi connectivity index (χ0n) is 11.4. The average molecular weight is 266 g/mol. The maximum atomic E-state index is 10.7. The molecule has 0 unspecified atom stereocenters. The van der Waals surface area contributed by atoms with E-state index < -0.39 is 0 Å². The summed E-state index contributed by atoms with van der Waals surface area (Å²) >= 11 is 0. The van der Waals surface area contributed by atoms with Crippen molar-refractivity contribution in [1.82, 2.24) is 9.88 Å². The van der Waals surface area contributed by atoms with E-state index in [1.807, 2.05) is 0 Å². The normalized spacial score (nSPS) is 8.63. The molecule has 0 radical (unpaired) electrons. The molecular weight excluding hydrogens is 248 g/mol. The van der Waals surface area contributed by atoms with Crippen molar-refractivity contribution in [2.24, 2.45) is 0 Å². The van der Waals surface area contributed by atoms with Crippen LogP contribution in [0.3, 0.4) is 0 Å². The molecule has 0 spiro atoms. The number of aromatic nitrogens is 1. The Balaban J connectivity index is 0.000000555. The third kappa shape index (κ3) is 9.28. The minimum atomic E-state index is -0.197. The molecule has 0 saturated heterocycles. The van der Waals surface area contributed by atoms with Crippen LogP contribution in [0.1, 0.15) is 13.8 Å². The second-order valence-corrected chi connectivity index (χ2v) is 3.84. The molecule has 0 aromatic carbocycles. The van der Waals surface area contributed by atoms with Crippen molar-refractivity contribution >= 4 is 29.9 Å². The number of carbonyl (C=O) groups excluding carboxylic acids is 3. The van der Waals surface area contributed by atoms with Crippen LogP contribution in [0, 0.1) is 0 Å². The van der Waals surface area contributed by atoms with Gasteiger partial charge in [0, 0.05) is 27.9 Å². The lowest BCUT2D eigenvalue weighted by atomic mass is 10.4. The van der Waals surface area contributed by atoms with E-state index in [4.69, 9.17) is 0 Å². The van der Waals surface area contributed by atoms with E-state index in [-0.39, 0.29) is 11.8 Å². The molecule has 2 N–H and O–H groups in total. The summed E-state index contributed by atoms with van der Waals surface area (Å²) in [5, 5.41) is 5.03. The van der Waals surface area contributed by atoms with Gasteiger partial charge in [-0.3, -0.25) is 14.4 Å². The first-order valence-electron chi connectivity index (χ1n) is 5.49. The molecule has 0 aliphatic carbocycles. The van der Waals surface area contributed by atoms with Crippen molar-refractivity contribution < 1.29 is 14.4 Å². The second-order valence-electron chi connectivity index (χ2n) is 3.84. The fourth-order valence-corrected chi connectivity index (χ4v) is 0.935. The van der Waals surface area contributed by atoms with E-state index in [0.29, 0.717) is 11.6 Å². The van der Waals surface area contributed by atoms with Gasteiger partial charge >= 0.3 is 0 Å². The third-order valence-electron chi connectivity index (χ3n) is 1.57. The first-order chi connectivity index (χ1) is 8.85. The molecule has 3 amide bonds. The maximum Gasteiger partial charge on any atom is 0.222 e. The summed E-state index contributed by atoms with van der Waals surface area (Å²) in [5.41, 5.74) is 0. The van der Waals surface area contributed by atoms with Crippen molar-refractivity contribution in [3.05, 3.63) is 18.2 Å². The molecule has 0 saturated carbocycles. The zero-order valence-corrected chi connectivity index (χ0v) is 11.4. The molecule has 0 fully saturated rings. The van der Waals surface area contributed by atoms with Crippen LogP contribution in [0.2, 0.25) is 0 Å². The van der Waals surface area contributed by atoms with Crippen LogP contribution >= 0.6 is 0 Å². The molecule has 104 valence electrons. The van der Waals surface area contributed by atoms with E-state index in [1.165, 1.54) is 18.7 Å². The van der Waals surface area contributed by atoms with Gasteiger partial charge in [0.2, 0.25) is 18.2 Å². The molecule has 19 heavy (non-hydrogen) atoms. The van der Waals surface area contributed by atoms with Gasteiger partial charge in [-0.25, -0.2) is 4.98 Å². The van der Waals surface area contributed by atoms with Crippen LogP contribution < -0.4 is 10.6 Å². The van der Waals surface area contributed by atoms with Gasteiger partial charge in [-0.05, 0) is 12.1 Å². The number of nitrogens with zero attached hydrogens (tertiary/aromatic N) is 2. The molecule has 1 aromatic rings. The Morgan fingerprint density at radius 1 is 1.11 bits per heavy atom. The quantitative estimate of drug-likeness (QED) is 0.788. The summed E-state index contributed by atoms with van der Waals surface area (Å²) in [7, 11) is 3.38. The van der Waals surface area contributed by atoms with Gasteiger partial charge in [0.15, 0.2) is 0 Å². The van der Waals surface area contributed by atoms with Crippen LogP contribution in [0.25, 0.3) is 0 Å². The van der Waals surface area contributed by atoms with Crippen LogP contribution in [0.5, 0.6) is 0 Å². The lowest BCUT2D eigenvalue weighted by Gasteiger charge is -2.04. The van der Waals surface area contributed by atoms with Gasteiger partial charge in [-0.1, -0.05) is 6.07 Å². The number of rotatable bonds is 3. The molecule has 7 nitrogen and oxygen atoms in total. The highest BCUT2D eigenvalue weighted by Crippen LogP contribution is 2.08. The minimum absolute atomic E-state index is 0.197. The average Bonchev–Trinajstić information content (AvgIpc) is 2.28. The van der Waals surface area contributed by atoms with Gasteiger partial charge in [0.25, 0.3) is 0 Å². The lowest BCUT2D eigenvalue weighted by molar-refractivity contribution is -0.116. The molecule has 0 aliphatic heterocycles. The Morgan fingerprint density at radius 2 is 1.47 bits per heavy atom. The van der Waals surface area contributed by atoms with Crippen LogP contribution in [0.4, 0.5) is 11.6 Å². The molecule has 7 heteroatoms. The van der Waals surface area contributed by atoms with Crippen molar-refractivity contribution in [3.63, 3.8) is 0 Å². The standard InChI is InChI=1S/C9H11N3O2.C3H7NO/c1-6(13)10-8-4-3-5-9(12-8)11-7(2)14;1-4(2)3-5/h3-5H,1-2H3,(H2,10,11,12,13,14);3H,1-2H3. The van der Waals surface area contributed by atoms with Crippen molar-refractivity contribution in [3.8, 4) is 0 Å². The lowest BCUT2D eigenvalue weighted by Crippen LogP contribution is -2.11. The predicted octanol–water partition coefficient (Wildman–Crippen LogP) is 0.703. The second kappa shape index (κ2) is 8.62. The van der Waals surface area contributed by atoms with Gasteiger partial charge in [-0.2, -0.15) is 0 Å². The molecule has 1 rings (SSSR count). The van der Waals surface area contributed by atoms with Gasteiger partial charge < -0.3 is 15.5 Å². The SMILES string of the molecule is CC(=O)Nc1cccc(NC(C)=O)n1.CN(C)C=O. The summed E-state index contributed by atoms with van der Waals surface area (Å²) in [6.07, 6.45) is 0.750. The first kappa shape index (κ1) is 16.6. The zero-order chi connectivity index (χ0) is 14.8. The Morgan fingerprint density at radius 3 is 1.74 bits per heavy atom. The highest BCUT2D eigenvalue weighted by atomic mass is 16.2. The van der Waals surface area contributed by atoms with E-state index in [0.717, 1.165) is 6.41 Å². The number of hydrogen-bond donors (Lipinski definition) is 2. The first-order valence-corrected chi connectivity index (χ1v) is 5.49. The van der Waals surface area contributed by atoms with Crippen LogP contribution in [-0.2, 0) is 14.4 Å². The van der Waals surface area contributed by atoms with Crippen molar-refractivity contribution in [2.45, 2.75) is 13.8 Å². The molecule has 0 atom stereocenters. The Labute approximate surface area is 112 Å². The highest BCUT2D eigenvalue weighted by Gasteiger charge is 1.99. The summed E-state index contributed by atoms with van der Waals surface area (Å²) in [6, 6.07) is 4.99. The fraction of sp³-hybridized carbons (Fsp3) is 0.333. The molecular formula is C12H18N4O3. The number of amides is 3. The number of hydrogen-bond acceptors (Lipinski definition) is 4. The Hall–Kier alpha value is -2.44. The van der Waals surface area contributed by atoms with Gasteiger partial charge in [0.1, 0.15) is 11.6 Å². The van der Waals surface area contributed by atoms with E-state index in [1.54, 1.807) is 32.3 Å². The smallest absolute Gasteiger partial charge is 0.222 e. The number of anilines is 2. The Kier molecular flexibility index (Phi) is 7.51. The highest BCUT2D eigenvalue weighted by molar-refractivity contribution is 5.89. The van der Waals surface area contributed by atoms with Gasteiger partial charge in [-0.15, -0.1) is 0 Å². The summed E-state index contributed by atoms with van der Waals surface area (Å²) < 4.78 is 0. The number of pyridine rings is 1. The van der Waals surface area contributed by atoms with E-state index in [2.05, 4.69) is 15.6 Å². The van der Waals surface area contributed by atoms with Crippen molar-refractivity contribution in [1.29, 1.82) is 0 Å². The summed E-state index contributed by atoms with van der Waals surface area (Å²) in [5.74, 6) is 0.447. The van der Waals surface area contributed by atoms with Crippen molar-refractivity contribution in [2.75, 3.05) is 24.7 Å². The van der Waals surface area contributed by atoms with E-state index >= 15 is 0 Å². The minimum Gasteiger partial charge on any atom is -0.351 e. The maximum absolute atomic E-state index is 10.7. The summed E-state index contributed by atoms with van der Waals surface area (Å²) in [4.78, 5) is 36.3. The number of carbonyl (C=O) groups is 3. The van der Waals surface area contributed by atoms with Gasteiger partial charge in [0.05, 0.1) is 0 Å². The topological polar surface area (TPSA) is 91.4 Å². The van der Waals surface area contributed by atoms with Crippen LogP contribution in [0.15, 0.2) is 18.2 Å². The molecule has 1 heterocycles. The fourth-order valence-electron chi connectivity index (χ4n) is 0.935.